The third kappa shape index (κ3) is 5.09. The lowest BCUT2D eigenvalue weighted by atomic mass is 9.91. The second kappa shape index (κ2) is 13.9. The molecule has 0 saturated heterocycles. The van der Waals surface area contributed by atoms with Gasteiger partial charge in [0.2, 0.25) is 0 Å². The summed E-state index contributed by atoms with van der Waals surface area (Å²) in [7, 11) is 0. The van der Waals surface area contributed by atoms with Gasteiger partial charge in [0.05, 0.1) is 44.4 Å². The third-order valence-electron chi connectivity index (χ3n) is 13.7. The zero-order chi connectivity index (χ0) is 43.5. The Morgan fingerprint density at radius 1 is 0.348 bits per heavy atom. The van der Waals surface area contributed by atoms with Crippen molar-refractivity contribution in [2.75, 3.05) is 0 Å². The minimum absolute atomic E-state index is 0.631. The first-order valence-corrected chi connectivity index (χ1v) is 22.3. The van der Waals surface area contributed by atoms with Gasteiger partial charge in [0.15, 0.2) is 0 Å². The van der Waals surface area contributed by atoms with Crippen LogP contribution in [0.4, 0.5) is 0 Å². The average molecular weight is 841 g/mol. The molecule has 4 aromatic heterocycles. The molecular formula is C61H36N4O. The number of furan rings is 1. The van der Waals surface area contributed by atoms with Gasteiger partial charge in [-0.2, -0.15) is 5.26 Å². The van der Waals surface area contributed by atoms with E-state index < -0.39 is 0 Å². The summed E-state index contributed by atoms with van der Waals surface area (Å²) in [5.74, 6) is 0. The van der Waals surface area contributed by atoms with Gasteiger partial charge in [-0.15, -0.1) is 0 Å². The molecule has 14 aromatic rings. The van der Waals surface area contributed by atoms with E-state index in [0.29, 0.717) is 5.56 Å². The molecule has 0 unspecified atom stereocenters. The summed E-state index contributed by atoms with van der Waals surface area (Å²) in [5, 5.41) is 20.3. The number of benzene rings is 10. The van der Waals surface area contributed by atoms with Crippen molar-refractivity contribution in [1.29, 1.82) is 5.26 Å². The van der Waals surface area contributed by atoms with E-state index in [9.17, 15) is 5.26 Å². The smallest absolute Gasteiger partial charge is 0.137 e. The highest BCUT2D eigenvalue weighted by atomic mass is 16.3. The van der Waals surface area contributed by atoms with Crippen molar-refractivity contribution < 1.29 is 4.42 Å². The molecule has 0 aliphatic heterocycles. The summed E-state index contributed by atoms with van der Waals surface area (Å²) < 4.78 is 13.8. The highest BCUT2D eigenvalue weighted by Gasteiger charge is 2.24. The normalized spacial score (nSPS) is 11.9. The van der Waals surface area contributed by atoms with Crippen LogP contribution in [0.2, 0.25) is 0 Å². The molecule has 0 amide bonds. The number of nitriles is 1. The monoisotopic (exact) mass is 840 g/mol. The van der Waals surface area contributed by atoms with E-state index in [1.165, 1.54) is 32.6 Å². The number of nitrogens with zero attached hydrogens (tertiary/aromatic N) is 4. The minimum Gasteiger partial charge on any atom is -0.456 e. The van der Waals surface area contributed by atoms with E-state index >= 15 is 0 Å². The van der Waals surface area contributed by atoms with Crippen LogP contribution in [-0.4, -0.2) is 13.7 Å². The van der Waals surface area contributed by atoms with Crippen molar-refractivity contribution in [3.63, 3.8) is 0 Å². The van der Waals surface area contributed by atoms with Crippen LogP contribution < -0.4 is 0 Å². The predicted octanol–water partition coefficient (Wildman–Crippen LogP) is 16.1. The molecule has 0 spiro atoms. The Bertz CT molecular complexity index is 4350. The van der Waals surface area contributed by atoms with Crippen LogP contribution in [0, 0.1) is 11.3 Å². The fourth-order valence-electron chi connectivity index (χ4n) is 10.9. The first kappa shape index (κ1) is 36.4. The average Bonchev–Trinajstić information content (AvgIpc) is 4.12. The van der Waals surface area contributed by atoms with Crippen molar-refractivity contribution in [3.05, 3.63) is 224 Å². The molecule has 14 rings (SSSR count). The lowest BCUT2D eigenvalue weighted by molar-refractivity contribution is 0.669. The Labute approximate surface area is 378 Å². The zero-order valence-electron chi connectivity index (χ0n) is 35.5. The zero-order valence-corrected chi connectivity index (χ0v) is 35.5. The van der Waals surface area contributed by atoms with Gasteiger partial charge in [0.1, 0.15) is 17.2 Å². The standard InChI is InChI=1S/C61H36N4O/c62-37-51-41(38-16-3-1-4-17-38)24-15-25-42(51)45-31-30-40(34-56(45)65-53-27-12-8-21-44(53)49-35-50-46-22-10-14-29-58(46)66-59(50)36-57(49)65)63-54-28-13-9-23-48(54)60-55(63)33-32-47-43-20-7-11-26-52(43)64(61(47)60)39-18-5-2-6-19-39/h1-36H. The van der Waals surface area contributed by atoms with Gasteiger partial charge in [-0.1, -0.05) is 152 Å². The number of fused-ring (bicyclic) bond motifs is 13. The Hall–Kier alpha value is -9.11. The highest BCUT2D eigenvalue weighted by Crippen LogP contribution is 2.45. The van der Waals surface area contributed by atoms with E-state index in [4.69, 9.17) is 4.42 Å². The maximum Gasteiger partial charge on any atom is 0.137 e. The number of aromatic nitrogens is 3. The second-order valence-electron chi connectivity index (χ2n) is 17.1. The van der Waals surface area contributed by atoms with Gasteiger partial charge >= 0.3 is 0 Å². The van der Waals surface area contributed by atoms with Crippen molar-refractivity contribution in [3.8, 4) is 45.4 Å². The topological polar surface area (TPSA) is 51.7 Å². The molecule has 4 heterocycles. The summed E-state index contributed by atoms with van der Waals surface area (Å²) in [6.45, 7) is 0. The highest BCUT2D eigenvalue weighted by molar-refractivity contribution is 6.26. The fraction of sp³-hybridized carbons (Fsp3) is 0. The molecule has 0 aliphatic rings. The quantitative estimate of drug-likeness (QED) is 0.173. The molecule has 0 bridgehead atoms. The lowest BCUT2D eigenvalue weighted by Gasteiger charge is -2.19. The van der Waals surface area contributed by atoms with Crippen molar-refractivity contribution in [1.82, 2.24) is 13.7 Å². The van der Waals surface area contributed by atoms with Gasteiger partial charge in [0, 0.05) is 77.2 Å². The summed E-state index contributed by atoms with van der Waals surface area (Å²) in [6, 6.07) is 80.1. The second-order valence-corrected chi connectivity index (χ2v) is 17.1. The molecular weight excluding hydrogens is 805 g/mol. The molecule has 66 heavy (non-hydrogen) atoms. The molecule has 0 saturated carbocycles. The lowest BCUT2D eigenvalue weighted by Crippen LogP contribution is -2.02. The predicted molar refractivity (Wildman–Crippen MR) is 272 cm³/mol. The molecule has 0 fully saturated rings. The molecule has 5 nitrogen and oxygen atoms in total. The Kier molecular flexibility index (Phi) is 7.69. The van der Waals surface area contributed by atoms with Crippen LogP contribution in [0.5, 0.6) is 0 Å². The van der Waals surface area contributed by atoms with Crippen LogP contribution in [0.3, 0.4) is 0 Å². The Morgan fingerprint density at radius 2 is 0.985 bits per heavy atom. The molecule has 10 aromatic carbocycles. The number of rotatable bonds is 5. The van der Waals surface area contributed by atoms with Crippen LogP contribution in [0.1, 0.15) is 5.56 Å². The molecule has 0 atom stereocenters. The molecule has 0 N–H and O–H groups in total. The Morgan fingerprint density at radius 3 is 1.76 bits per heavy atom. The van der Waals surface area contributed by atoms with Gasteiger partial charge in [-0.3, -0.25) is 0 Å². The molecule has 0 radical (unpaired) electrons. The van der Waals surface area contributed by atoms with Gasteiger partial charge in [0.25, 0.3) is 0 Å². The Balaban J connectivity index is 1.12. The first-order chi connectivity index (χ1) is 32.7. The van der Waals surface area contributed by atoms with E-state index in [-0.39, 0.29) is 0 Å². The maximum atomic E-state index is 11.1. The van der Waals surface area contributed by atoms with Crippen molar-refractivity contribution >= 4 is 87.4 Å². The van der Waals surface area contributed by atoms with Crippen molar-refractivity contribution in [2.24, 2.45) is 0 Å². The minimum atomic E-state index is 0.631. The van der Waals surface area contributed by atoms with Gasteiger partial charge in [-0.05, 0) is 66.2 Å². The summed E-state index contributed by atoms with van der Waals surface area (Å²) in [5.41, 5.74) is 15.8. The summed E-state index contributed by atoms with van der Waals surface area (Å²) in [6.07, 6.45) is 0. The maximum absolute atomic E-state index is 11.1. The molecule has 0 aliphatic carbocycles. The van der Waals surface area contributed by atoms with Crippen LogP contribution in [0.25, 0.3) is 127 Å². The third-order valence-corrected chi connectivity index (χ3v) is 13.7. The van der Waals surface area contributed by atoms with Crippen LogP contribution in [0.15, 0.2) is 223 Å². The van der Waals surface area contributed by atoms with E-state index in [2.05, 4.69) is 208 Å². The first-order valence-electron chi connectivity index (χ1n) is 22.3. The molecule has 5 heteroatoms. The summed E-state index contributed by atoms with van der Waals surface area (Å²) in [4.78, 5) is 0. The van der Waals surface area contributed by atoms with Gasteiger partial charge in [-0.25, -0.2) is 0 Å². The van der Waals surface area contributed by atoms with Crippen molar-refractivity contribution in [2.45, 2.75) is 0 Å². The van der Waals surface area contributed by atoms with Crippen LogP contribution in [-0.2, 0) is 0 Å². The number of hydrogen-bond donors (Lipinski definition) is 0. The largest absolute Gasteiger partial charge is 0.456 e. The number of para-hydroxylation sites is 5. The fourth-order valence-corrected chi connectivity index (χ4v) is 10.9. The number of hydrogen-bond acceptors (Lipinski definition) is 2. The molecule has 306 valence electrons. The van der Waals surface area contributed by atoms with E-state index in [0.717, 1.165) is 94.1 Å². The van der Waals surface area contributed by atoms with Gasteiger partial charge < -0.3 is 18.1 Å². The summed E-state index contributed by atoms with van der Waals surface area (Å²) >= 11 is 0. The SMILES string of the molecule is N#Cc1c(-c2ccccc2)cccc1-c1ccc(-n2c3ccccc3c3c2ccc2c4ccccc4n(-c4ccccc4)c23)cc1-n1c2ccccc2c2cc3c(cc21)oc1ccccc13. The van der Waals surface area contributed by atoms with E-state index in [1.807, 2.05) is 30.3 Å². The van der Waals surface area contributed by atoms with E-state index in [1.54, 1.807) is 0 Å². The van der Waals surface area contributed by atoms with Crippen LogP contribution >= 0.6 is 0 Å².